The lowest BCUT2D eigenvalue weighted by Gasteiger charge is -2.10. The number of nitro benzene ring substituents is 1. The number of pyridine rings is 1. The fourth-order valence-electron chi connectivity index (χ4n) is 1.74. The molecule has 0 saturated heterocycles. The standard InChI is InChI=1S/C13H7F3N2O4/c14-13(15,16)22-10-6-3-4-8(11(10)18(20)21)12(19)9-5-1-2-7-17-9/h1-7H. The highest BCUT2D eigenvalue weighted by Gasteiger charge is 2.36. The van der Waals surface area contributed by atoms with Gasteiger partial charge < -0.3 is 4.74 Å². The van der Waals surface area contributed by atoms with E-state index in [0.717, 1.165) is 18.2 Å². The van der Waals surface area contributed by atoms with Gasteiger partial charge in [-0.1, -0.05) is 12.1 Å². The zero-order valence-electron chi connectivity index (χ0n) is 10.7. The number of nitrogens with zero attached hydrogens (tertiary/aromatic N) is 2. The van der Waals surface area contributed by atoms with E-state index in [2.05, 4.69) is 9.72 Å². The normalized spacial score (nSPS) is 11.0. The molecule has 1 heterocycles. The molecular weight excluding hydrogens is 305 g/mol. The van der Waals surface area contributed by atoms with Crippen LogP contribution >= 0.6 is 0 Å². The van der Waals surface area contributed by atoms with Crippen molar-refractivity contribution in [3.8, 4) is 5.75 Å². The van der Waals surface area contributed by atoms with E-state index in [1.807, 2.05) is 0 Å². The summed E-state index contributed by atoms with van der Waals surface area (Å²) in [5.41, 5.74) is -1.73. The van der Waals surface area contributed by atoms with Gasteiger partial charge in [0.2, 0.25) is 11.5 Å². The average molecular weight is 312 g/mol. The minimum absolute atomic E-state index is 0.130. The zero-order chi connectivity index (χ0) is 16.3. The lowest BCUT2D eigenvalue weighted by molar-refractivity contribution is -0.388. The summed E-state index contributed by atoms with van der Waals surface area (Å²) in [5, 5.41) is 11.0. The van der Waals surface area contributed by atoms with Gasteiger partial charge in [0.1, 0.15) is 11.3 Å². The number of carbonyl (C=O) groups is 1. The second-order valence-corrected chi connectivity index (χ2v) is 4.00. The Labute approximate surface area is 121 Å². The Kier molecular flexibility index (Phi) is 4.06. The van der Waals surface area contributed by atoms with Crippen LogP contribution in [0.2, 0.25) is 0 Å². The lowest BCUT2D eigenvalue weighted by Crippen LogP contribution is -2.19. The van der Waals surface area contributed by atoms with Crippen LogP contribution < -0.4 is 4.74 Å². The SMILES string of the molecule is O=C(c1ccccn1)c1cccc(OC(F)(F)F)c1[N+](=O)[O-]. The van der Waals surface area contributed by atoms with Crippen molar-refractivity contribution in [1.29, 1.82) is 0 Å². The molecule has 0 aliphatic carbocycles. The Morgan fingerprint density at radius 2 is 1.91 bits per heavy atom. The second kappa shape index (κ2) is 5.80. The highest BCUT2D eigenvalue weighted by atomic mass is 19.4. The van der Waals surface area contributed by atoms with Crippen molar-refractivity contribution in [2.45, 2.75) is 6.36 Å². The molecule has 0 atom stereocenters. The molecule has 2 rings (SSSR count). The predicted octanol–water partition coefficient (Wildman–Crippen LogP) is 3.12. The quantitative estimate of drug-likeness (QED) is 0.492. The number of para-hydroxylation sites is 1. The summed E-state index contributed by atoms with van der Waals surface area (Å²) in [6.45, 7) is 0. The molecule has 0 N–H and O–H groups in total. The smallest absolute Gasteiger partial charge is 0.398 e. The number of nitro groups is 1. The zero-order valence-corrected chi connectivity index (χ0v) is 10.7. The van der Waals surface area contributed by atoms with Crippen molar-refractivity contribution < 1.29 is 27.6 Å². The van der Waals surface area contributed by atoms with E-state index in [1.54, 1.807) is 0 Å². The fourth-order valence-corrected chi connectivity index (χ4v) is 1.74. The van der Waals surface area contributed by atoms with Crippen molar-refractivity contribution in [2.24, 2.45) is 0 Å². The van der Waals surface area contributed by atoms with Crippen LogP contribution in [0.4, 0.5) is 18.9 Å². The molecule has 0 spiro atoms. The lowest BCUT2D eigenvalue weighted by atomic mass is 10.0. The molecule has 0 fully saturated rings. The van der Waals surface area contributed by atoms with E-state index in [4.69, 9.17) is 0 Å². The molecule has 0 radical (unpaired) electrons. The molecule has 2 aromatic rings. The summed E-state index contributed by atoms with van der Waals surface area (Å²) in [5.74, 6) is -1.93. The van der Waals surface area contributed by atoms with Crippen molar-refractivity contribution >= 4 is 11.5 Å². The van der Waals surface area contributed by atoms with Gasteiger partial charge in [-0.15, -0.1) is 13.2 Å². The third-order valence-electron chi connectivity index (χ3n) is 2.55. The van der Waals surface area contributed by atoms with Gasteiger partial charge in [0.25, 0.3) is 0 Å². The van der Waals surface area contributed by atoms with E-state index < -0.39 is 34.1 Å². The average Bonchev–Trinajstić information content (AvgIpc) is 2.45. The molecule has 0 unspecified atom stereocenters. The first kappa shape index (κ1) is 15.4. The van der Waals surface area contributed by atoms with Crippen LogP contribution in [0.25, 0.3) is 0 Å². The van der Waals surface area contributed by atoms with Crippen LogP contribution in [0.15, 0.2) is 42.6 Å². The third kappa shape index (κ3) is 3.37. The van der Waals surface area contributed by atoms with E-state index in [0.29, 0.717) is 0 Å². The predicted molar refractivity (Wildman–Crippen MR) is 67.4 cm³/mol. The maximum absolute atomic E-state index is 12.3. The fraction of sp³-hybridized carbons (Fsp3) is 0.0769. The summed E-state index contributed by atoms with van der Waals surface area (Å²) in [6, 6.07) is 7.16. The molecule has 9 heteroatoms. The van der Waals surface area contributed by atoms with Crippen LogP contribution in [-0.2, 0) is 0 Å². The number of aromatic nitrogens is 1. The minimum atomic E-state index is -5.11. The summed E-state index contributed by atoms with van der Waals surface area (Å²) in [7, 11) is 0. The summed E-state index contributed by atoms with van der Waals surface area (Å²) in [6.07, 6.45) is -3.83. The Morgan fingerprint density at radius 1 is 1.18 bits per heavy atom. The van der Waals surface area contributed by atoms with Gasteiger partial charge in [-0.2, -0.15) is 0 Å². The molecule has 22 heavy (non-hydrogen) atoms. The summed E-state index contributed by atoms with van der Waals surface area (Å²) >= 11 is 0. The van der Waals surface area contributed by atoms with Gasteiger partial charge in [0, 0.05) is 6.20 Å². The van der Waals surface area contributed by atoms with E-state index in [9.17, 15) is 28.1 Å². The number of halogens is 3. The maximum atomic E-state index is 12.3. The Morgan fingerprint density at radius 3 is 2.45 bits per heavy atom. The van der Waals surface area contributed by atoms with Gasteiger partial charge in [-0.25, -0.2) is 0 Å². The van der Waals surface area contributed by atoms with Crippen LogP contribution in [0.3, 0.4) is 0 Å². The van der Waals surface area contributed by atoms with Crippen molar-refractivity contribution in [2.75, 3.05) is 0 Å². The Balaban J connectivity index is 2.55. The molecule has 0 aliphatic heterocycles. The summed E-state index contributed by atoms with van der Waals surface area (Å²) < 4.78 is 40.5. The topological polar surface area (TPSA) is 82.3 Å². The second-order valence-electron chi connectivity index (χ2n) is 4.00. The molecule has 6 nitrogen and oxygen atoms in total. The third-order valence-corrected chi connectivity index (χ3v) is 2.55. The van der Waals surface area contributed by atoms with Gasteiger partial charge in [-0.05, 0) is 24.3 Å². The van der Waals surface area contributed by atoms with E-state index >= 15 is 0 Å². The van der Waals surface area contributed by atoms with Gasteiger partial charge in [0.05, 0.1) is 4.92 Å². The van der Waals surface area contributed by atoms with Crippen LogP contribution in [0.5, 0.6) is 5.75 Å². The molecule has 114 valence electrons. The van der Waals surface area contributed by atoms with Crippen molar-refractivity contribution in [3.63, 3.8) is 0 Å². The largest absolute Gasteiger partial charge is 0.573 e. The van der Waals surface area contributed by atoms with E-state index in [1.165, 1.54) is 24.4 Å². The number of carbonyl (C=O) groups excluding carboxylic acids is 1. The molecule has 0 amide bonds. The number of alkyl halides is 3. The first-order valence-electron chi connectivity index (χ1n) is 5.78. The number of benzene rings is 1. The van der Waals surface area contributed by atoms with Crippen LogP contribution in [-0.4, -0.2) is 22.1 Å². The highest BCUT2D eigenvalue weighted by Crippen LogP contribution is 2.35. The molecular formula is C13H7F3N2O4. The maximum Gasteiger partial charge on any atom is 0.573 e. The summed E-state index contributed by atoms with van der Waals surface area (Å²) in [4.78, 5) is 25.9. The Bertz CT molecular complexity index is 717. The number of hydrogen-bond donors (Lipinski definition) is 0. The minimum Gasteiger partial charge on any atom is -0.398 e. The van der Waals surface area contributed by atoms with Gasteiger partial charge in [0.15, 0.2) is 0 Å². The number of ether oxygens (including phenoxy) is 1. The first-order valence-corrected chi connectivity index (χ1v) is 5.78. The van der Waals surface area contributed by atoms with Crippen molar-refractivity contribution in [3.05, 3.63) is 64.0 Å². The molecule has 0 aliphatic rings. The number of ketones is 1. The monoisotopic (exact) mass is 312 g/mol. The van der Waals surface area contributed by atoms with E-state index in [-0.39, 0.29) is 5.69 Å². The number of hydrogen-bond acceptors (Lipinski definition) is 5. The van der Waals surface area contributed by atoms with Crippen molar-refractivity contribution in [1.82, 2.24) is 4.98 Å². The van der Waals surface area contributed by atoms with Gasteiger partial charge in [-0.3, -0.25) is 19.9 Å². The first-order chi connectivity index (χ1) is 10.3. The molecule has 0 bridgehead atoms. The van der Waals surface area contributed by atoms with Gasteiger partial charge >= 0.3 is 12.0 Å². The highest BCUT2D eigenvalue weighted by molar-refractivity contribution is 6.10. The molecule has 0 saturated carbocycles. The number of rotatable bonds is 4. The molecule has 1 aromatic carbocycles. The van der Waals surface area contributed by atoms with Crippen LogP contribution in [0, 0.1) is 10.1 Å². The molecule has 1 aromatic heterocycles. The Hall–Kier alpha value is -2.97. The van der Waals surface area contributed by atoms with Crippen LogP contribution in [0.1, 0.15) is 16.1 Å².